The number of carbonyl (C=O) groups excluding carboxylic acids is 1. The first-order valence-corrected chi connectivity index (χ1v) is 9.27. The number of anilines is 1. The Bertz CT molecular complexity index is 913. The van der Waals surface area contributed by atoms with E-state index in [1.165, 1.54) is 0 Å². The highest BCUT2D eigenvalue weighted by atomic mass is 32.1. The van der Waals surface area contributed by atoms with Gasteiger partial charge < -0.3 is 9.75 Å². The second-order valence-corrected chi connectivity index (χ2v) is 7.13. The molecule has 5 N–H and O–H groups in total. The molecule has 148 valence electrons. The molecule has 0 spiro atoms. The molecule has 2 heterocycles. The van der Waals surface area contributed by atoms with Crippen LogP contribution in [0.4, 0.5) is 5.69 Å². The second kappa shape index (κ2) is 10.4. The average Bonchev–Trinajstić information content (AvgIpc) is 3.13. The zero-order chi connectivity index (χ0) is 20.5. The molecule has 3 aromatic rings. The number of nitrogens with two attached hydrogens (primary N) is 2. The number of rotatable bonds is 6. The van der Waals surface area contributed by atoms with E-state index in [9.17, 15) is 0 Å². The molecule has 0 saturated carbocycles. The lowest BCUT2D eigenvalue weighted by molar-refractivity contribution is -0.109. The van der Waals surface area contributed by atoms with Crippen molar-refractivity contribution in [1.29, 1.82) is 0 Å². The van der Waals surface area contributed by atoms with E-state index in [1.54, 1.807) is 21.8 Å². The largest absolute Gasteiger partial charge is 0.473 e. The van der Waals surface area contributed by atoms with Gasteiger partial charge in [-0.1, -0.05) is 18.2 Å². The number of carbonyl (C=O) groups is 1. The number of aryl methyl sites for hydroxylation is 2. The van der Waals surface area contributed by atoms with E-state index < -0.39 is 0 Å². The lowest BCUT2D eigenvalue weighted by atomic mass is 10.1. The zero-order valence-corrected chi connectivity index (χ0v) is 16.9. The van der Waals surface area contributed by atoms with Crippen molar-refractivity contribution in [2.24, 2.45) is 11.7 Å². The van der Waals surface area contributed by atoms with Crippen LogP contribution in [0.5, 0.6) is 5.88 Å². The first kappa shape index (κ1) is 21.3. The van der Waals surface area contributed by atoms with Gasteiger partial charge in [-0.15, -0.1) is 11.3 Å². The lowest BCUT2D eigenvalue weighted by Gasteiger charge is -2.19. The van der Waals surface area contributed by atoms with Crippen LogP contribution in [-0.2, 0) is 11.4 Å². The molecule has 0 radical (unpaired) electrons. The summed E-state index contributed by atoms with van der Waals surface area (Å²) in [7, 11) is 1.82. The van der Waals surface area contributed by atoms with Crippen LogP contribution >= 0.6 is 11.3 Å². The van der Waals surface area contributed by atoms with Gasteiger partial charge in [-0.25, -0.2) is 21.7 Å². The highest BCUT2D eigenvalue weighted by Crippen LogP contribution is 2.26. The Morgan fingerprint density at radius 1 is 1.25 bits per heavy atom. The van der Waals surface area contributed by atoms with Crippen molar-refractivity contribution in [2.45, 2.75) is 20.5 Å². The number of thiazole rings is 1. The van der Waals surface area contributed by atoms with Gasteiger partial charge in [0.05, 0.1) is 5.69 Å². The number of ether oxygens (including phenoxy) is 1. The van der Waals surface area contributed by atoms with E-state index in [-0.39, 0.29) is 0 Å². The van der Waals surface area contributed by atoms with Crippen molar-refractivity contribution in [3.05, 3.63) is 58.6 Å². The monoisotopic (exact) mass is 400 g/mol. The fourth-order valence-corrected chi connectivity index (χ4v) is 3.17. The molecule has 2 aromatic heterocycles. The van der Waals surface area contributed by atoms with Crippen molar-refractivity contribution < 1.29 is 9.53 Å². The molecule has 0 saturated heterocycles. The van der Waals surface area contributed by atoms with Crippen LogP contribution in [0.15, 0.2) is 42.6 Å². The van der Waals surface area contributed by atoms with E-state index in [0.29, 0.717) is 18.9 Å². The van der Waals surface area contributed by atoms with Crippen molar-refractivity contribution in [2.75, 3.05) is 12.1 Å². The maximum atomic E-state index is 8.94. The molecule has 0 atom stereocenters. The van der Waals surface area contributed by atoms with Crippen LogP contribution in [0.1, 0.15) is 16.0 Å². The maximum Gasteiger partial charge on any atom is 0.221 e. The number of amides is 1. The third-order valence-corrected chi connectivity index (χ3v) is 4.70. The SMILES string of the molecule is Cc1cnc(-c2cccc(OCc3c(C)cccc3N(C)N)n2)s1.NNC=O. The van der Waals surface area contributed by atoms with Gasteiger partial charge in [0.15, 0.2) is 0 Å². The molecule has 1 aromatic carbocycles. The lowest BCUT2D eigenvalue weighted by Crippen LogP contribution is -2.26. The summed E-state index contributed by atoms with van der Waals surface area (Å²) in [6.45, 7) is 4.50. The fraction of sp³-hybridized carbons (Fsp3) is 0.211. The van der Waals surface area contributed by atoms with Crippen molar-refractivity contribution in [1.82, 2.24) is 15.4 Å². The molecule has 0 aliphatic heterocycles. The summed E-state index contributed by atoms with van der Waals surface area (Å²) < 4.78 is 5.92. The predicted molar refractivity (Wildman–Crippen MR) is 112 cm³/mol. The Balaban J connectivity index is 0.000000640. The van der Waals surface area contributed by atoms with Crippen molar-refractivity contribution >= 4 is 23.4 Å². The molecule has 0 aliphatic rings. The van der Waals surface area contributed by atoms with E-state index >= 15 is 0 Å². The first-order chi connectivity index (χ1) is 13.5. The Morgan fingerprint density at radius 3 is 2.57 bits per heavy atom. The van der Waals surface area contributed by atoms with Crippen LogP contribution in [0.3, 0.4) is 0 Å². The molecule has 8 nitrogen and oxygen atoms in total. The number of hydrogen-bond acceptors (Lipinski definition) is 8. The van der Waals surface area contributed by atoms with Crippen molar-refractivity contribution in [3.63, 3.8) is 0 Å². The first-order valence-electron chi connectivity index (χ1n) is 8.45. The fourth-order valence-electron chi connectivity index (χ4n) is 2.44. The highest BCUT2D eigenvalue weighted by molar-refractivity contribution is 7.14. The third kappa shape index (κ3) is 5.74. The topological polar surface area (TPSA) is 119 Å². The van der Waals surface area contributed by atoms with Crippen LogP contribution in [-0.4, -0.2) is 23.4 Å². The summed E-state index contributed by atoms with van der Waals surface area (Å²) in [6, 6.07) is 11.7. The molecule has 1 amide bonds. The molecule has 3 rings (SSSR count). The number of nitrogens with one attached hydrogen (secondary N) is 1. The van der Waals surface area contributed by atoms with Gasteiger partial charge in [0.1, 0.15) is 17.3 Å². The second-order valence-electron chi connectivity index (χ2n) is 5.89. The summed E-state index contributed by atoms with van der Waals surface area (Å²) in [5.41, 5.74) is 5.71. The van der Waals surface area contributed by atoms with Crippen LogP contribution in [0, 0.1) is 13.8 Å². The molecule has 0 unspecified atom stereocenters. The Labute approximate surface area is 168 Å². The summed E-state index contributed by atoms with van der Waals surface area (Å²) in [6.07, 6.45) is 2.26. The van der Waals surface area contributed by atoms with Gasteiger partial charge in [0.2, 0.25) is 12.3 Å². The average molecular weight is 401 g/mol. The number of pyridine rings is 1. The smallest absolute Gasteiger partial charge is 0.221 e. The molecular weight excluding hydrogens is 376 g/mol. The Morgan fingerprint density at radius 2 is 1.96 bits per heavy atom. The summed E-state index contributed by atoms with van der Waals surface area (Å²) in [5.74, 6) is 10.9. The molecule has 0 aliphatic carbocycles. The van der Waals surface area contributed by atoms with Crippen LogP contribution < -0.4 is 26.9 Å². The van der Waals surface area contributed by atoms with Gasteiger partial charge in [-0.2, -0.15) is 0 Å². The molecule has 0 bridgehead atoms. The van der Waals surface area contributed by atoms with Crippen LogP contribution in [0.2, 0.25) is 0 Å². The normalized spacial score (nSPS) is 9.89. The number of nitrogens with zero attached hydrogens (tertiary/aromatic N) is 3. The van der Waals surface area contributed by atoms with Gasteiger partial charge in [0, 0.05) is 29.8 Å². The Kier molecular flexibility index (Phi) is 7.88. The van der Waals surface area contributed by atoms with E-state index in [1.807, 2.05) is 63.5 Å². The van der Waals surface area contributed by atoms with Gasteiger partial charge in [-0.3, -0.25) is 10.2 Å². The minimum absolute atomic E-state index is 0.403. The summed E-state index contributed by atoms with van der Waals surface area (Å²) in [5, 5.41) is 2.50. The third-order valence-electron chi connectivity index (χ3n) is 3.76. The minimum atomic E-state index is 0.403. The quantitative estimate of drug-likeness (QED) is 0.251. The van der Waals surface area contributed by atoms with E-state index in [2.05, 4.69) is 15.8 Å². The van der Waals surface area contributed by atoms with E-state index in [0.717, 1.165) is 32.4 Å². The number of hydrogen-bond donors (Lipinski definition) is 3. The van der Waals surface area contributed by atoms with Gasteiger partial charge >= 0.3 is 0 Å². The van der Waals surface area contributed by atoms with Gasteiger partial charge in [-0.05, 0) is 31.5 Å². The molecular formula is C19H24N6O2S. The summed E-state index contributed by atoms with van der Waals surface area (Å²) >= 11 is 1.62. The molecule has 28 heavy (non-hydrogen) atoms. The zero-order valence-electron chi connectivity index (χ0n) is 16.0. The number of hydrazine groups is 2. The van der Waals surface area contributed by atoms with Gasteiger partial charge in [0.25, 0.3) is 0 Å². The molecule has 9 heteroatoms. The number of benzene rings is 1. The molecule has 0 fully saturated rings. The summed E-state index contributed by atoms with van der Waals surface area (Å²) in [4.78, 5) is 19.0. The van der Waals surface area contributed by atoms with Crippen LogP contribution in [0.25, 0.3) is 10.7 Å². The standard InChI is InChI=1S/C18H20N4OS.CH4N2O/c1-12-6-4-8-16(22(3)19)14(12)11-23-17-9-5-7-15(21-17)18-20-10-13(2)24-18;2-3-1-4/h4-10H,11,19H2,1-3H3;1H,2H2,(H,3,4). The maximum absolute atomic E-state index is 8.94. The highest BCUT2D eigenvalue weighted by Gasteiger charge is 2.10. The predicted octanol–water partition coefficient (Wildman–Crippen LogP) is 2.32. The van der Waals surface area contributed by atoms with Crippen molar-refractivity contribution in [3.8, 4) is 16.6 Å². The minimum Gasteiger partial charge on any atom is -0.473 e. The van der Waals surface area contributed by atoms with E-state index in [4.69, 9.17) is 15.4 Å². The Hall–Kier alpha value is -3.01. The number of aromatic nitrogens is 2.